The third-order valence-electron chi connectivity index (χ3n) is 3.26. The van der Waals surface area contributed by atoms with Gasteiger partial charge in [-0.2, -0.15) is 0 Å². The molecule has 0 heterocycles. The van der Waals surface area contributed by atoms with Gasteiger partial charge < -0.3 is 11.1 Å². The highest BCUT2D eigenvalue weighted by molar-refractivity contribution is 5.19. The molecular weight excluding hydrogens is 184 g/mol. The van der Waals surface area contributed by atoms with Crippen molar-refractivity contribution in [2.45, 2.75) is 37.8 Å². The van der Waals surface area contributed by atoms with Gasteiger partial charge in [0.25, 0.3) is 0 Å². The molecule has 1 fully saturated rings. The zero-order valence-electron chi connectivity index (χ0n) is 9.32. The maximum atomic E-state index is 5.75. The van der Waals surface area contributed by atoms with Gasteiger partial charge >= 0.3 is 0 Å². The Kier molecular flexibility index (Phi) is 3.39. The highest BCUT2D eigenvalue weighted by atomic mass is 15.0. The number of nitrogens with two attached hydrogens (primary N) is 1. The Morgan fingerprint density at radius 2 is 2.00 bits per heavy atom. The molecule has 0 aromatic heterocycles. The lowest BCUT2D eigenvalue weighted by Gasteiger charge is -2.34. The molecule has 2 nitrogen and oxygen atoms in total. The molecule has 1 aliphatic rings. The SMILES string of the molecule is CC(CNC1CC(N)C1)c1ccccc1. The molecule has 2 heteroatoms. The van der Waals surface area contributed by atoms with Crippen molar-refractivity contribution >= 4 is 0 Å². The molecule has 1 atom stereocenters. The molecule has 1 saturated carbocycles. The second-order valence-electron chi connectivity index (χ2n) is 4.65. The largest absolute Gasteiger partial charge is 0.328 e. The van der Waals surface area contributed by atoms with Crippen LogP contribution in [0.1, 0.15) is 31.2 Å². The minimum absolute atomic E-state index is 0.439. The van der Waals surface area contributed by atoms with E-state index in [1.807, 2.05) is 0 Å². The highest BCUT2D eigenvalue weighted by Crippen LogP contribution is 2.19. The van der Waals surface area contributed by atoms with Crippen LogP contribution in [0.3, 0.4) is 0 Å². The first kappa shape index (κ1) is 10.7. The van der Waals surface area contributed by atoms with Crippen LogP contribution in [-0.4, -0.2) is 18.6 Å². The molecular formula is C13H20N2. The van der Waals surface area contributed by atoms with E-state index in [1.54, 1.807) is 0 Å². The fourth-order valence-corrected chi connectivity index (χ4v) is 2.07. The van der Waals surface area contributed by atoms with Gasteiger partial charge in [0.1, 0.15) is 0 Å². The van der Waals surface area contributed by atoms with Crippen LogP contribution in [0.5, 0.6) is 0 Å². The topological polar surface area (TPSA) is 38.0 Å². The number of hydrogen-bond acceptors (Lipinski definition) is 2. The molecule has 0 saturated heterocycles. The first-order chi connectivity index (χ1) is 7.25. The minimum Gasteiger partial charge on any atom is -0.328 e. The molecule has 15 heavy (non-hydrogen) atoms. The summed E-state index contributed by atoms with van der Waals surface area (Å²) in [6.45, 7) is 3.32. The number of hydrogen-bond donors (Lipinski definition) is 2. The summed E-state index contributed by atoms with van der Waals surface area (Å²) in [7, 11) is 0. The first-order valence-electron chi connectivity index (χ1n) is 5.79. The Morgan fingerprint density at radius 1 is 1.33 bits per heavy atom. The maximum Gasteiger partial charge on any atom is 0.00967 e. The number of benzene rings is 1. The fourth-order valence-electron chi connectivity index (χ4n) is 2.07. The van der Waals surface area contributed by atoms with Crippen LogP contribution < -0.4 is 11.1 Å². The third-order valence-corrected chi connectivity index (χ3v) is 3.26. The number of rotatable bonds is 4. The lowest BCUT2D eigenvalue weighted by Crippen LogP contribution is -2.49. The molecule has 2 rings (SSSR count). The van der Waals surface area contributed by atoms with Crippen LogP contribution in [0.15, 0.2) is 30.3 Å². The van der Waals surface area contributed by atoms with Crippen LogP contribution in [0.4, 0.5) is 0 Å². The minimum atomic E-state index is 0.439. The van der Waals surface area contributed by atoms with Gasteiger partial charge in [0, 0.05) is 18.6 Å². The highest BCUT2D eigenvalue weighted by Gasteiger charge is 2.25. The second kappa shape index (κ2) is 4.77. The standard InChI is InChI=1S/C13H20N2/c1-10(11-5-3-2-4-6-11)9-15-13-7-12(14)8-13/h2-6,10,12-13,15H,7-9,14H2,1H3. The predicted octanol–water partition coefficient (Wildman–Crippen LogP) is 1.87. The van der Waals surface area contributed by atoms with E-state index < -0.39 is 0 Å². The summed E-state index contributed by atoms with van der Waals surface area (Å²) in [5.41, 5.74) is 7.16. The van der Waals surface area contributed by atoms with Gasteiger partial charge in [0.2, 0.25) is 0 Å². The van der Waals surface area contributed by atoms with Crippen LogP contribution in [0.2, 0.25) is 0 Å². The second-order valence-corrected chi connectivity index (χ2v) is 4.65. The predicted molar refractivity (Wildman–Crippen MR) is 63.9 cm³/mol. The summed E-state index contributed by atoms with van der Waals surface area (Å²) in [6, 6.07) is 11.8. The molecule has 0 bridgehead atoms. The van der Waals surface area contributed by atoms with Crippen molar-refractivity contribution in [1.82, 2.24) is 5.32 Å². The van der Waals surface area contributed by atoms with E-state index in [0.29, 0.717) is 18.0 Å². The van der Waals surface area contributed by atoms with Gasteiger partial charge in [-0.15, -0.1) is 0 Å². The van der Waals surface area contributed by atoms with Crippen molar-refractivity contribution in [2.75, 3.05) is 6.54 Å². The van der Waals surface area contributed by atoms with Crippen molar-refractivity contribution in [3.8, 4) is 0 Å². The third kappa shape index (κ3) is 2.80. The van der Waals surface area contributed by atoms with Crippen molar-refractivity contribution in [3.63, 3.8) is 0 Å². The first-order valence-corrected chi connectivity index (χ1v) is 5.79. The average molecular weight is 204 g/mol. The van der Waals surface area contributed by atoms with Crippen molar-refractivity contribution in [3.05, 3.63) is 35.9 Å². The van der Waals surface area contributed by atoms with E-state index in [2.05, 4.69) is 42.6 Å². The van der Waals surface area contributed by atoms with Crippen LogP contribution >= 0.6 is 0 Å². The molecule has 1 aromatic rings. The molecule has 3 N–H and O–H groups in total. The fraction of sp³-hybridized carbons (Fsp3) is 0.538. The molecule has 0 radical (unpaired) electrons. The van der Waals surface area contributed by atoms with E-state index in [4.69, 9.17) is 5.73 Å². The molecule has 0 amide bonds. The van der Waals surface area contributed by atoms with E-state index in [0.717, 1.165) is 19.4 Å². The van der Waals surface area contributed by atoms with Crippen LogP contribution in [-0.2, 0) is 0 Å². The van der Waals surface area contributed by atoms with Crippen molar-refractivity contribution in [2.24, 2.45) is 5.73 Å². The summed E-state index contributed by atoms with van der Waals surface area (Å²) >= 11 is 0. The van der Waals surface area contributed by atoms with E-state index in [9.17, 15) is 0 Å². The lowest BCUT2D eigenvalue weighted by molar-refractivity contribution is 0.289. The van der Waals surface area contributed by atoms with Gasteiger partial charge in [0.15, 0.2) is 0 Å². The Morgan fingerprint density at radius 3 is 2.60 bits per heavy atom. The monoisotopic (exact) mass is 204 g/mol. The Balaban J connectivity index is 1.75. The summed E-state index contributed by atoms with van der Waals surface area (Å²) in [6.07, 6.45) is 2.28. The van der Waals surface area contributed by atoms with Crippen molar-refractivity contribution in [1.29, 1.82) is 0 Å². The van der Waals surface area contributed by atoms with Gasteiger partial charge in [-0.3, -0.25) is 0 Å². The molecule has 1 aromatic carbocycles. The Hall–Kier alpha value is -0.860. The Labute approximate surface area is 91.9 Å². The zero-order valence-corrected chi connectivity index (χ0v) is 9.32. The lowest BCUT2D eigenvalue weighted by atomic mass is 9.87. The molecule has 0 aliphatic heterocycles. The van der Waals surface area contributed by atoms with E-state index >= 15 is 0 Å². The van der Waals surface area contributed by atoms with E-state index in [-0.39, 0.29) is 0 Å². The summed E-state index contributed by atoms with van der Waals surface area (Å²) in [4.78, 5) is 0. The quantitative estimate of drug-likeness (QED) is 0.785. The van der Waals surface area contributed by atoms with E-state index in [1.165, 1.54) is 5.56 Å². The summed E-state index contributed by atoms with van der Waals surface area (Å²) < 4.78 is 0. The van der Waals surface area contributed by atoms with Crippen LogP contribution in [0.25, 0.3) is 0 Å². The molecule has 1 unspecified atom stereocenters. The van der Waals surface area contributed by atoms with Gasteiger partial charge in [0.05, 0.1) is 0 Å². The smallest absolute Gasteiger partial charge is 0.00967 e. The maximum absolute atomic E-state index is 5.75. The molecule has 0 spiro atoms. The zero-order chi connectivity index (χ0) is 10.7. The van der Waals surface area contributed by atoms with Crippen LogP contribution in [0, 0.1) is 0 Å². The summed E-state index contributed by atoms with van der Waals surface area (Å²) in [5, 5.41) is 3.57. The Bertz CT molecular complexity index is 291. The average Bonchev–Trinajstić information content (AvgIpc) is 2.23. The van der Waals surface area contributed by atoms with Gasteiger partial charge in [-0.1, -0.05) is 37.3 Å². The molecule has 82 valence electrons. The van der Waals surface area contributed by atoms with Gasteiger partial charge in [-0.25, -0.2) is 0 Å². The summed E-state index contributed by atoms with van der Waals surface area (Å²) in [5.74, 6) is 0.586. The van der Waals surface area contributed by atoms with Crippen molar-refractivity contribution < 1.29 is 0 Å². The normalized spacial score (nSPS) is 27.1. The molecule has 1 aliphatic carbocycles. The number of nitrogens with one attached hydrogen (secondary N) is 1. The van der Waals surface area contributed by atoms with Gasteiger partial charge in [-0.05, 0) is 24.3 Å².